The molecule has 28 heavy (non-hydrogen) atoms. The molecule has 1 N–H and O–H groups in total. The van der Waals surface area contributed by atoms with Crippen molar-refractivity contribution in [1.82, 2.24) is 28.7 Å². The summed E-state index contributed by atoms with van der Waals surface area (Å²) in [6.45, 7) is 5.51. The van der Waals surface area contributed by atoms with Crippen molar-refractivity contribution >= 4 is 12.1 Å². The number of imidazole rings is 3. The lowest BCUT2D eigenvalue weighted by Crippen LogP contribution is -2.15. The monoisotopic (exact) mass is 389 g/mol. The zero-order valence-corrected chi connectivity index (χ0v) is 15.9. The minimum absolute atomic E-state index is 0.190. The van der Waals surface area contributed by atoms with Crippen molar-refractivity contribution in [3.05, 3.63) is 56.2 Å². The van der Waals surface area contributed by atoms with Crippen LogP contribution in [0.1, 0.15) is 20.8 Å². The van der Waals surface area contributed by atoms with E-state index in [9.17, 15) is 9.59 Å². The van der Waals surface area contributed by atoms with Crippen LogP contribution in [0.3, 0.4) is 0 Å². The van der Waals surface area contributed by atoms with E-state index in [2.05, 4.69) is 19.7 Å². The van der Waals surface area contributed by atoms with E-state index in [0.29, 0.717) is 6.61 Å². The quantitative estimate of drug-likeness (QED) is 0.666. The average molecular weight is 389 g/mol. The van der Waals surface area contributed by atoms with E-state index >= 15 is 0 Å². The molecule has 3 aromatic rings. The predicted molar refractivity (Wildman–Crippen MR) is 99.3 cm³/mol. The highest BCUT2D eigenvalue weighted by atomic mass is 16.5. The second-order valence-electron chi connectivity index (χ2n) is 4.43. The van der Waals surface area contributed by atoms with Crippen molar-refractivity contribution < 1.29 is 19.4 Å². The summed E-state index contributed by atoms with van der Waals surface area (Å²) in [6.07, 6.45) is 13.2. The molecule has 0 unspecified atom stereocenters. The molecule has 0 atom stereocenters. The molecule has 0 saturated heterocycles. The number of hydrogen-bond acceptors (Lipinski definition) is 8. The van der Waals surface area contributed by atoms with Gasteiger partial charge < -0.3 is 9.84 Å². The van der Waals surface area contributed by atoms with Gasteiger partial charge in [0.15, 0.2) is 0 Å². The van der Waals surface area contributed by atoms with Gasteiger partial charge in [0.2, 0.25) is 0 Å². The Bertz CT molecular complexity index is 755. The number of rotatable bonds is 1. The molecule has 0 aliphatic carbocycles. The number of nitrogens with zero attached hydrogens (tertiary/aromatic N) is 7. The fourth-order valence-corrected chi connectivity index (χ4v) is 1.44. The van der Waals surface area contributed by atoms with Crippen molar-refractivity contribution in [1.29, 1.82) is 5.26 Å². The molecule has 150 valence electrons. The van der Waals surface area contributed by atoms with Gasteiger partial charge in [-0.3, -0.25) is 9.13 Å². The third kappa shape index (κ3) is 9.64. The molecule has 0 aliphatic heterocycles. The maximum absolute atomic E-state index is 11.4. The molecule has 11 heteroatoms. The molecule has 0 saturated carbocycles. The van der Waals surface area contributed by atoms with E-state index in [-0.39, 0.29) is 18.7 Å². The number of hydrogen-bond donors (Lipinski definition) is 1. The van der Waals surface area contributed by atoms with Gasteiger partial charge in [0.25, 0.3) is 0 Å². The molecule has 0 amide bonds. The highest BCUT2D eigenvalue weighted by Gasteiger charge is 2.04. The van der Waals surface area contributed by atoms with Crippen LogP contribution in [-0.2, 0) is 4.74 Å². The number of carbonyl (C=O) groups excluding carboxylic acids is 2. The first kappa shape index (κ1) is 24.2. The third-order valence-electron chi connectivity index (χ3n) is 2.43. The van der Waals surface area contributed by atoms with E-state index in [4.69, 9.17) is 10.4 Å². The minimum Gasteiger partial charge on any atom is -0.449 e. The van der Waals surface area contributed by atoms with Crippen LogP contribution >= 0.6 is 0 Å². The van der Waals surface area contributed by atoms with Crippen LogP contribution in [0.15, 0.2) is 56.2 Å². The molecule has 0 fully saturated rings. The summed E-state index contributed by atoms with van der Waals surface area (Å²) in [7, 11) is 0. The van der Waals surface area contributed by atoms with Gasteiger partial charge in [-0.05, 0) is 13.8 Å². The number of ether oxygens (including phenoxy) is 1. The lowest BCUT2D eigenvalue weighted by atomic mass is 10.8. The molecule has 0 radical (unpaired) electrons. The molecule has 0 aliphatic rings. The van der Waals surface area contributed by atoms with Gasteiger partial charge in [-0.15, -0.1) is 0 Å². The normalized spacial score (nSPS) is 8.54. The van der Waals surface area contributed by atoms with Gasteiger partial charge in [-0.25, -0.2) is 29.1 Å². The van der Waals surface area contributed by atoms with Crippen LogP contribution < -0.4 is 0 Å². The second-order valence-corrected chi connectivity index (χ2v) is 4.43. The van der Waals surface area contributed by atoms with Crippen molar-refractivity contribution in [2.75, 3.05) is 13.2 Å². The lowest BCUT2D eigenvalue weighted by molar-refractivity contribution is 0.154. The lowest BCUT2D eigenvalue weighted by Gasteiger charge is -1.98. The van der Waals surface area contributed by atoms with E-state index in [1.807, 2.05) is 0 Å². The van der Waals surface area contributed by atoms with Crippen LogP contribution in [0.25, 0.3) is 0 Å². The molecule has 3 heterocycles. The summed E-state index contributed by atoms with van der Waals surface area (Å²) < 4.78 is 8.70. The van der Waals surface area contributed by atoms with Gasteiger partial charge in [0, 0.05) is 50.7 Å². The number of nitriles is 1. The van der Waals surface area contributed by atoms with Crippen molar-refractivity contribution in [3.63, 3.8) is 0 Å². The van der Waals surface area contributed by atoms with Crippen LogP contribution in [0.2, 0.25) is 0 Å². The van der Waals surface area contributed by atoms with Gasteiger partial charge in [-0.1, -0.05) is 0 Å². The fraction of sp³-hybridized carbons (Fsp3) is 0.294. The third-order valence-corrected chi connectivity index (χ3v) is 2.43. The van der Waals surface area contributed by atoms with E-state index < -0.39 is 0 Å². The molecule has 11 nitrogen and oxygen atoms in total. The molecule has 0 spiro atoms. The maximum Gasteiger partial charge on any atom is 0.419 e. The zero-order valence-electron chi connectivity index (χ0n) is 15.9. The summed E-state index contributed by atoms with van der Waals surface area (Å²) >= 11 is 0. The Morgan fingerprint density at radius 1 is 0.964 bits per heavy atom. The second kappa shape index (κ2) is 15.5. The number of aromatic nitrogens is 6. The highest BCUT2D eigenvalue weighted by molar-refractivity contribution is 5.78. The maximum atomic E-state index is 11.4. The van der Waals surface area contributed by atoms with Crippen LogP contribution in [0.5, 0.6) is 0 Å². The molecule has 3 rings (SSSR count). The minimum atomic E-state index is -0.389. The van der Waals surface area contributed by atoms with Crippen molar-refractivity contribution in [2.24, 2.45) is 0 Å². The van der Waals surface area contributed by atoms with Gasteiger partial charge in [0.1, 0.15) is 19.0 Å². The zero-order chi connectivity index (χ0) is 21.2. The highest BCUT2D eigenvalue weighted by Crippen LogP contribution is 1.92. The number of carbonyl (C=O) groups is 2. The molecule has 3 aromatic heterocycles. The predicted octanol–water partition coefficient (Wildman–Crippen LogP) is 2.01. The van der Waals surface area contributed by atoms with Crippen LogP contribution in [0.4, 0.5) is 9.59 Å². The first-order valence-electron chi connectivity index (χ1n) is 8.12. The molecular formula is C17H23N7O4. The Hall–Kier alpha value is -3.78. The van der Waals surface area contributed by atoms with Gasteiger partial charge in [-0.2, -0.15) is 5.26 Å². The Morgan fingerprint density at radius 2 is 1.32 bits per heavy atom. The Labute approximate surface area is 162 Å². The SMILES string of the molecule is CC#N.CCO.CCOC(=O)n1ccnc1.O=C(n1ccnc1)n1ccnc1. The van der Waals surface area contributed by atoms with E-state index in [0.717, 1.165) is 0 Å². The molecule has 0 aromatic carbocycles. The van der Waals surface area contributed by atoms with E-state index in [1.165, 1.54) is 52.0 Å². The average Bonchev–Trinajstić information content (AvgIpc) is 3.47. The van der Waals surface area contributed by atoms with Gasteiger partial charge >= 0.3 is 12.1 Å². The Kier molecular flexibility index (Phi) is 13.4. The largest absolute Gasteiger partial charge is 0.449 e. The summed E-state index contributed by atoms with van der Waals surface area (Å²) in [6, 6.07) is 1.56. The first-order valence-corrected chi connectivity index (χ1v) is 8.12. The van der Waals surface area contributed by atoms with Crippen LogP contribution in [-0.4, -0.2) is 59.1 Å². The van der Waals surface area contributed by atoms with Crippen molar-refractivity contribution in [2.45, 2.75) is 20.8 Å². The smallest absolute Gasteiger partial charge is 0.419 e. The van der Waals surface area contributed by atoms with Crippen molar-refractivity contribution in [3.8, 4) is 6.07 Å². The summed E-state index contributed by atoms with van der Waals surface area (Å²) in [4.78, 5) is 33.4. The summed E-state index contributed by atoms with van der Waals surface area (Å²) in [5, 5.41) is 14.9. The fourth-order valence-electron chi connectivity index (χ4n) is 1.44. The number of aliphatic hydroxyl groups excluding tert-OH is 1. The summed E-state index contributed by atoms with van der Waals surface area (Å²) in [5.41, 5.74) is 0. The molecule has 0 bridgehead atoms. The van der Waals surface area contributed by atoms with Crippen LogP contribution in [0, 0.1) is 11.3 Å². The Balaban J connectivity index is 0.000000413. The molecular weight excluding hydrogens is 366 g/mol. The first-order chi connectivity index (χ1) is 13.5. The number of aliphatic hydroxyl groups is 1. The van der Waals surface area contributed by atoms with E-state index in [1.54, 1.807) is 44.7 Å². The standard InChI is InChI=1S/C7H6N4O.C6H8N2O2.C2H3N.C2H6O/c12-7(10-3-1-8-5-10)11-4-2-9-6-11;1-2-10-6(9)8-4-3-7-5-8;2*1-2-3/h1-6H;3-5H,2H2,1H3;1H3;3H,2H2,1H3. The topological polar surface area (TPSA) is 141 Å². The van der Waals surface area contributed by atoms with Gasteiger partial charge in [0.05, 0.1) is 12.7 Å². The summed E-state index contributed by atoms with van der Waals surface area (Å²) in [5.74, 6) is 0. The Morgan fingerprint density at radius 3 is 1.61 bits per heavy atom.